The number of imidazole rings is 1. The zero-order chi connectivity index (χ0) is 14.8. The molecular weight excluding hydrogens is 264 g/mol. The number of anilines is 1. The largest absolute Gasteiger partial charge is 0.481 e. The number of methoxy groups -OCH3 is 1. The van der Waals surface area contributed by atoms with E-state index in [-0.39, 0.29) is 0 Å². The minimum atomic E-state index is 0.533. The topological polar surface area (TPSA) is 66.0 Å². The molecule has 1 fully saturated rings. The van der Waals surface area contributed by atoms with Gasteiger partial charge in [0.2, 0.25) is 5.88 Å². The Morgan fingerprint density at radius 2 is 2.00 bits per heavy atom. The first-order valence-corrected chi connectivity index (χ1v) is 7.53. The molecule has 0 radical (unpaired) electrons. The molecule has 0 aliphatic heterocycles. The molecule has 2 aromatic heterocycles. The second kappa shape index (κ2) is 5.76. The van der Waals surface area contributed by atoms with Crippen LogP contribution >= 0.6 is 0 Å². The minimum Gasteiger partial charge on any atom is -0.481 e. The van der Waals surface area contributed by atoms with Crippen LogP contribution in [0.4, 0.5) is 5.82 Å². The number of nitrogen functional groups attached to an aromatic ring is 1. The van der Waals surface area contributed by atoms with Crippen molar-refractivity contribution in [3.05, 3.63) is 24.2 Å². The number of ether oxygens (including phenoxy) is 1. The van der Waals surface area contributed by atoms with Crippen LogP contribution in [0.2, 0.25) is 0 Å². The average molecular weight is 286 g/mol. The fourth-order valence-electron chi connectivity index (χ4n) is 3.11. The van der Waals surface area contributed by atoms with E-state index in [0.717, 1.165) is 17.1 Å². The zero-order valence-electron chi connectivity index (χ0n) is 12.7. The number of nitrogens with two attached hydrogens (primary N) is 1. The third-order valence-corrected chi connectivity index (χ3v) is 4.36. The van der Waals surface area contributed by atoms with Crippen molar-refractivity contribution >= 4 is 5.82 Å². The van der Waals surface area contributed by atoms with Gasteiger partial charge in [-0.15, -0.1) is 0 Å². The van der Waals surface area contributed by atoms with Gasteiger partial charge in [0.25, 0.3) is 0 Å². The van der Waals surface area contributed by atoms with E-state index >= 15 is 0 Å². The SMILES string of the molecule is COc1ccc(-c2nc(C3CCCCC3)n(C)c2N)cn1. The van der Waals surface area contributed by atoms with Gasteiger partial charge in [-0.3, -0.25) is 0 Å². The third-order valence-electron chi connectivity index (χ3n) is 4.36. The molecule has 0 saturated heterocycles. The molecule has 21 heavy (non-hydrogen) atoms. The summed E-state index contributed by atoms with van der Waals surface area (Å²) in [5, 5.41) is 0. The first kappa shape index (κ1) is 13.9. The van der Waals surface area contributed by atoms with Crippen molar-refractivity contribution in [1.82, 2.24) is 14.5 Å². The second-order valence-electron chi connectivity index (χ2n) is 5.69. The molecule has 5 heteroatoms. The molecule has 2 aromatic rings. The Bertz CT molecular complexity index is 612. The molecule has 0 aromatic carbocycles. The summed E-state index contributed by atoms with van der Waals surface area (Å²) in [6, 6.07) is 3.79. The quantitative estimate of drug-likeness (QED) is 0.941. The maximum Gasteiger partial charge on any atom is 0.212 e. The summed E-state index contributed by atoms with van der Waals surface area (Å²) >= 11 is 0. The fraction of sp³-hybridized carbons (Fsp3) is 0.500. The number of hydrogen-bond donors (Lipinski definition) is 1. The molecule has 5 nitrogen and oxygen atoms in total. The summed E-state index contributed by atoms with van der Waals surface area (Å²) in [5.41, 5.74) is 8.02. The Kier molecular flexibility index (Phi) is 3.82. The summed E-state index contributed by atoms with van der Waals surface area (Å²) in [4.78, 5) is 9.05. The van der Waals surface area contributed by atoms with Gasteiger partial charge in [0.1, 0.15) is 17.3 Å². The Hall–Kier alpha value is -2.04. The van der Waals surface area contributed by atoms with E-state index in [9.17, 15) is 0 Å². The highest BCUT2D eigenvalue weighted by Crippen LogP contribution is 2.35. The van der Waals surface area contributed by atoms with Crippen molar-refractivity contribution in [3.63, 3.8) is 0 Å². The van der Waals surface area contributed by atoms with Crippen LogP contribution in [0, 0.1) is 0 Å². The molecule has 2 N–H and O–H groups in total. The van der Waals surface area contributed by atoms with Crippen LogP contribution in [0.3, 0.4) is 0 Å². The lowest BCUT2D eigenvalue weighted by Gasteiger charge is -2.21. The predicted molar refractivity (Wildman–Crippen MR) is 83.2 cm³/mol. The van der Waals surface area contributed by atoms with E-state index in [2.05, 4.69) is 4.98 Å². The number of hydrogen-bond acceptors (Lipinski definition) is 4. The molecular formula is C16H22N4O. The molecule has 3 rings (SSSR count). The fourth-order valence-corrected chi connectivity index (χ4v) is 3.11. The Morgan fingerprint density at radius 1 is 1.24 bits per heavy atom. The van der Waals surface area contributed by atoms with Crippen molar-refractivity contribution in [2.75, 3.05) is 12.8 Å². The predicted octanol–water partition coefficient (Wildman–Crippen LogP) is 3.12. The van der Waals surface area contributed by atoms with Gasteiger partial charge in [0.15, 0.2) is 0 Å². The summed E-state index contributed by atoms with van der Waals surface area (Å²) < 4.78 is 7.13. The van der Waals surface area contributed by atoms with Crippen LogP contribution in [-0.2, 0) is 7.05 Å². The highest BCUT2D eigenvalue weighted by molar-refractivity contribution is 5.70. The van der Waals surface area contributed by atoms with Crippen LogP contribution in [-0.4, -0.2) is 21.6 Å². The summed E-state index contributed by atoms with van der Waals surface area (Å²) in [6.07, 6.45) is 8.11. The van der Waals surface area contributed by atoms with E-state index in [1.165, 1.54) is 32.1 Å². The van der Waals surface area contributed by atoms with Crippen molar-refractivity contribution in [3.8, 4) is 17.1 Å². The molecule has 1 saturated carbocycles. The van der Waals surface area contributed by atoms with Crippen LogP contribution in [0.5, 0.6) is 5.88 Å². The Balaban J connectivity index is 1.95. The van der Waals surface area contributed by atoms with E-state index in [4.69, 9.17) is 15.5 Å². The summed E-state index contributed by atoms with van der Waals surface area (Å²) in [7, 11) is 3.62. The maximum atomic E-state index is 6.25. The molecule has 0 atom stereocenters. The van der Waals surface area contributed by atoms with Gasteiger partial charge >= 0.3 is 0 Å². The minimum absolute atomic E-state index is 0.533. The van der Waals surface area contributed by atoms with E-state index < -0.39 is 0 Å². The first-order valence-electron chi connectivity index (χ1n) is 7.53. The van der Waals surface area contributed by atoms with E-state index in [1.54, 1.807) is 13.3 Å². The first-order chi connectivity index (χ1) is 10.2. The molecule has 0 unspecified atom stereocenters. The van der Waals surface area contributed by atoms with Crippen molar-refractivity contribution < 1.29 is 4.74 Å². The monoisotopic (exact) mass is 286 g/mol. The molecule has 2 heterocycles. The lowest BCUT2D eigenvalue weighted by molar-refractivity contribution is 0.398. The molecule has 0 spiro atoms. The van der Waals surface area contributed by atoms with Crippen LogP contribution in [0.25, 0.3) is 11.3 Å². The molecule has 112 valence electrons. The normalized spacial score (nSPS) is 16.1. The van der Waals surface area contributed by atoms with E-state index in [0.29, 0.717) is 17.6 Å². The Labute approximate surface area is 125 Å². The van der Waals surface area contributed by atoms with Gasteiger partial charge in [-0.25, -0.2) is 9.97 Å². The van der Waals surface area contributed by atoms with Crippen LogP contribution in [0.1, 0.15) is 43.8 Å². The van der Waals surface area contributed by atoms with Gasteiger partial charge in [-0.1, -0.05) is 19.3 Å². The van der Waals surface area contributed by atoms with Gasteiger partial charge in [-0.2, -0.15) is 0 Å². The third kappa shape index (κ3) is 2.60. The number of aromatic nitrogens is 3. The number of nitrogens with zero attached hydrogens (tertiary/aromatic N) is 3. The lowest BCUT2D eigenvalue weighted by Crippen LogP contribution is -2.11. The standard InChI is InChI=1S/C16H22N4O/c1-20-15(17)14(12-8-9-13(21-2)18-10-12)19-16(20)11-6-4-3-5-7-11/h8-11H,3-7,17H2,1-2H3. The van der Waals surface area contributed by atoms with Crippen molar-refractivity contribution in [2.24, 2.45) is 7.05 Å². The number of pyridine rings is 1. The smallest absolute Gasteiger partial charge is 0.212 e. The molecule has 0 amide bonds. The average Bonchev–Trinajstić information content (AvgIpc) is 2.84. The summed E-state index contributed by atoms with van der Waals surface area (Å²) in [5.74, 6) is 2.95. The van der Waals surface area contributed by atoms with Gasteiger partial charge in [0, 0.05) is 30.8 Å². The maximum absolute atomic E-state index is 6.25. The second-order valence-corrected chi connectivity index (χ2v) is 5.69. The lowest BCUT2D eigenvalue weighted by atomic mass is 9.89. The van der Waals surface area contributed by atoms with Crippen molar-refractivity contribution in [1.29, 1.82) is 0 Å². The van der Waals surface area contributed by atoms with Crippen molar-refractivity contribution in [2.45, 2.75) is 38.0 Å². The highest BCUT2D eigenvalue weighted by Gasteiger charge is 2.23. The highest BCUT2D eigenvalue weighted by atomic mass is 16.5. The number of rotatable bonds is 3. The van der Waals surface area contributed by atoms with Crippen LogP contribution in [0.15, 0.2) is 18.3 Å². The zero-order valence-corrected chi connectivity index (χ0v) is 12.7. The van der Waals surface area contributed by atoms with Gasteiger partial charge < -0.3 is 15.0 Å². The van der Waals surface area contributed by atoms with Gasteiger partial charge in [-0.05, 0) is 18.9 Å². The molecule has 1 aliphatic rings. The Morgan fingerprint density at radius 3 is 2.62 bits per heavy atom. The van der Waals surface area contributed by atoms with Crippen LogP contribution < -0.4 is 10.5 Å². The van der Waals surface area contributed by atoms with Gasteiger partial charge in [0.05, 0.1) is 7.11 Å². The molecule has 1 aliphatic carbocycles. The van der Waals surface area contributed by atoms with E-state index in [1.807, 2.05) is 23.7 Å². The summed E-state index contributed by atoms with van der Waals surface area (Å²) in [6.45, 7) is 0. The molecule has 0 bridgehead atoms.